The molecule has 1 N–H and O–H groups in total. The van der Waals surface area contributed by atoms with E-state index in [0.717, 1.165) is 0 Å². The highest BCUT2D eigenvalue weighted by atomic mass is 19.1. The molecule has 1 aliphatic heterocycles. The molecule has 0 aromatic heterocycles. The molecule has 21 heavy (non-hydrogen) atoms. The number of carboxylic acid groups (broad SMARTS) is 1. The number of carbonyl (C=O) groups excluding carboxylic acids is 1. The molecule has 1 aromatic rings. The average molecular weight is 297 g/mol. The van der Waals surface area contributed by atoms with E-state index in [0.29, 0.717) is 0 Å². The van der Waals surface area contributed by atoms with E-state index in [-0.39, 0.29) is 24.8 Å². The second-order valence-corrected chi connectivity index (χ2v) is 4.71. The van der Waals surface area contributed by atoms with Gasteiger partial charge in [-0.15, -0.1) is 0 Å². The molecule has 0 aliphatic carbocycles. The number of ether oxygens (including phenoxy) is 2. The zero-order chi connectivity index (χ0) is 15.4. The van der Waals surface area contributed by atoms with Gasteiger partial charge in [-0.25, -0.2) is 9.18 Å². The normalized spacial score (nSPS) is 21.3. The Labute approximate surface area is 121 Å². The quantitative estimate of drug-likeness (QED) is 0.874. The lowest BCUT2D eigenvalue weighted by atomic mass is 10.2. The fraction of sp³-hybridized carbons (Fsp3) is 0.429. The summed E-state index contributed by atoms with van der Waals surface area (Å²) in [6, 6.07) is 4.77. The first-order valence-electron chi connectivity index (χ1n) is 6.45. The SMILES string of the molecule is COC1CC(C(=O)O)N(C(=O)COc2ccccc2F)C1. The number of amides is 1. The number of likely N-dealkylation sites (tertiary alicyclic amines) is 1. The lowest BCUT2D eigenvalue weighted by Gasteiger charge is -2.21. The zero-order valence-electron chi connectivity index (χ0n) is 11.5. The first kappa shape index (κ1) is 15.2. The molecule has 1 amide bonds. The second-order valence-electron chi connectivity index (χ2n) is 4.71. The minimum atomic E-state index is -1.09. The number of nitrogens with zero attached hydrogens (tertiary/aromatic N) is 1. The molecule has 0 saturated carbocycles. The van der Waals surface area contributed by atoms with Crippen LogP contribution in [0.4, 0.5) is 4.39 Å². The lowest BCUT2D eigenvalue weighted by Crippen LogP contribution is -2.43. The fourth-order valence-corrected chi connectivity index (χ4v) is 2.26. The predicted octanol–water partition coefficient (Wildman–Crippen LogP) is 0.905. The van der Waals surface area contributed by atoms with Crippen LogP contribution in [0.1, 0.15) is 6.42 Å². The maximum Gasteiger partial charge on any atom is 0.326 e. The Kier molecular flexibility index (Phi) is 4.74. The van der Waals surface area contributed by atoms with E-state index in [9.17, 15) is 14.0 Å². The number of carbonyl (C=O) groups is 2. The molecule has 1 aliphatic rings. The molecule has 0 radical (unpaired) electrons. The summed E-state index contributed by atoms with van der Waals surface area (Å²) in [6.07, 6.45) is -0.0828. The van der Waals surface area contributed by atoms with Gasteiger partial charge in [0.2, 0.25) is 0 Å². The third kappa shape index (κ3) is 3.49. The van der Waals surface area contributed by atoms with Crippen molar-refractivity contribution >= 4 is 11.9 Å². The van der Waals surface area contributed by atoms with Gasteiger partial charge in [-0.2, -0.15) is 0 Å². The maximum atomic E-state index is 13.4. The van der Waals surface area contributed by atoms with Crippen LogP contribution in [0.5, 0.6) is 5.75 Å². The van der Waals surface area contributed by atoms with E-state index in [1.807, 2.05) is 0 Å². The van der Waals surface area contributed by atoms with E-state index in [1.165, 1.54) is 30.2 Å². The number of halogens is 1. The van der Waals surface area contributed by atoms with Gasteiger partial charge in [-0.1, -0.05) is 12.1 Å². The third-order valence-electron chi connectivity index (χ3n) is 3.39. The predicted molar refractivity (Wildman–Crippen MR) is 70.4 cm³/mol. The molecule has 1 fully saturated rings. The van der Waals surface area contributed by atoms with Gasteiger partial charge in [0.15, 0.2) is 18.2 Å². The zero-order valence-corrected chi connectivity index (χ0v) is 11.5. The van der Waals surface area contributed by atoms with Crippen LogP contribution < -0.4 is 4.74 Å². The minimum Gasteiger partial charge on any atom is -0.481 e. The smallest absolute Gasteiger partial charge is 0.326 e. The number of benzene rings is 1. The standard InChI is InChI=1S/C14H16FNO5/c1-20-9-6-11(14(18)19)16(7-9)13(17)8-21-12-5-3-2-4-10(12)15/h2-5,9,11H,6-8H2,1H3,(H,18,19). The van der Waals surface area contributed by atoms with Crippen LogP contribution in [0, 0.1) is 5.82 Å². The molecule has 1 saturated heterocycles. The summed E-state index contributed by atoms with van der Waals surface area (Å²) in [5.41, 5.74) is 0. The summed E-state index contributed by atoms with van der Waals surface area (Å²) in [7, 11) is 1.47. The Morgan fingerprint density at radius 1 is 1.43 bits per heavy atom. The second kappa shape index (κ2) is 6.53. The Hall–Kier alpha value is -2.15. The number of para-hydroxylation sites is 1. The number of hydrogen-bond donors (Lipinski definition) is 1. The van der Waals surface area contributed by atoms with Crippen LogP contribution in [-0.4, -0.2) is 54.3 Å². The highest BCUT2D eigenvalue weighted by Crippen LogP contribution is 2.21. The van der Waals surface area contributed by atoms with E-state index >= 15 is 0 Å². The number of aliphatic carboxylic acids is 1. The van der Waals surface area contributed by atoms with Crippen molar-refractivity contribution in [2.24, 2.45) is 0 Å². The molecule has 2 atom stereocenters. The van der Waals surface area contributed by atoms with Crippen molar-refractivity contribution in [2.75, 3.05) is 20.3 Å². The van der Waals surface area contributed by atoms with Crippen LogP contribution >= 0.6 is 0 Å². The van der Waals surface area contributed by atoms with Crippen molar-refractivity contribution in [2.45, 2.75) is 18.6 Å². The molecule has 114 valence electrons. The highest BCUT2D eigenvalue weighted by molar-refractivity contribution is 5.85. The average Bonchev–Trinajstić information content (AvgIpc) is 2.90. The first-order valence-corrected chi connectivity index (χ1v) is 6.45. The molecule has 2 unspecified atom stereocenters. The van der Waals surface area contributed by atoms with Gasteiger partial charge < -0.3 is 19.5 Å². The molecule has 6 nitrogen and oxygen atoms in total. The van der Waals surface area contributed by atoms with Crippen LogP contribution in [0.2, 0.25) is 0 Å². The van der Waals surface area contributed by atoms with Crippen LogP contribution in [-0.2, 0) is 14.3 Å². The van der Waals surface area contributed by atoms with Gasteiger partial charge in [0.1, 0.15) is 6.04 Å². The van der Waals surface area contributed by atoms with Gasteiger partial charge >= 0.3 is 5.97 Å². The first-order chi connectivity index (χ1) is 10.0. The Morgan fingerprint density at radius 3 is 2.76 bits per heavy atom. The van der Waals surface area contributed by atoms with Gasteiger partial charge in [0.25, 0.3) is 5.91 Å². The van der Waals surface area contributed by atoms with E-state index in [1.54, 1.807) is 6.07 Å². The van der Waals surface area contributed by atoms with Gasteiger partial charge in [-0.3, -0.25) is 4.79 Å². The fourth-order valence-electron chi connectivity index (χ4n) is 2.26. The van der Waals surface area contributed by atoms with Crippen molar-refractivity contribution in [1.82, 2.24) is 4.90 Å². The van der Waals surface area contributed by atoms with Crippen LogP contribution in [0.3, 0.4) is 0 Å². The maximum absolute atomic E-state index is 13.4. The molecule has 2 rings (SSSR count). The Bertz CT molecular complexity index is 536. The number of hydrogen-bond acceptors (Lipinski definition) is 4. The Balaban J connectivity index is 1.99. The van der Waals surface area contributed by atoms with E-state index in [2.05, 4.69) is 0 Å². The third-order valence-corrected chi connectivity index (χ3v) is 3.39. The van der Waals surface area contributed by atoms with Crippen molar-refractivity contribution < 1.29 is 28.6 Å². The van der Waals surface area contributed by atoms with Gasteiger partial charge in [0, 0.05) is 20.1 Å². The number of carboxylic acids is 1. The topological polar surface area (TPSA) is 76.1 Å². The molecule has 0 spiro atoms. The number of methoxy groups -OCH3 is 1. The van der Waals surface area contributed by atoms with Crippen LogP contribution in [0.25, 0.3) is 0 Å². The van der Waals surface area contributed by atoms with Crippen LogP contribution in [0.15, 0.2) is 24.3 Å². The van der Waals surface area contributed by atoms with Gasteiger partial charge in [0.05, 0.1) is 6.10 Å². The molecular weight excluding hydrogens is 281 g/mol. The molecule has 1 heterocycles. The Morgan fingerprint density at radius 2 is 2.14 bits per heavy atom. The summed E-state index contributed by atoms with van der Waals surface area (Å²) < 4.78 is 23.6. The van der Waals surface area contributed by atoms with Crippen molar-refractivity contribution in [3.8, 4) is 5.75 Å². The largest absolute Gasteiger partial charge is 0.481 e. The monoisotopic (exact) mass is 297 g/mol. The summed E-state index contributed by atoms with van der Waals surface area (Å²) in [4.78, 5) is 24.4. The van der Waals surface area contributed by atoms with Crippen molar-refractivity contribution in [1.29, 1.82) is 0 Å². The number of rotatable bonds is 5. The van der Waals surface area contributed by atoms with Crippen molar-refractivity contribution in [3.05, 3.63) is 30.1 Å². The molecule has 0 bridgehead atoms. The summed E-state index contributed by atoms with van der Waals surface area (Å²) in [5, 5.41) is 9.12. The molecular formula is C14H16FNO5. The molecule has 1 aromatic carbocycles. The summed E-state index contributed by atoms with van der Waals surface area (Å²) >= 11 is 0. The van der Waals surface area contributed by atoms with E-state index in [4.69, 9.17) is 14.6 Å². The minimum absolute atomic E-state index is 0.0415. The van der Waals surface area contributed by atoms with Gasteiger partial charge in [-0.05, 0) is 12.1 Å². The van der Waals surface area contributed by atoms with Crippen molar-refractivity contribution in [3.63, 3.8) is 0 Å². The summed E-state index contributed by atoms with van der Waals surface area (Å²) in [5.74, 6) is -2.21. The highest BCUT2D eigenvalue weighted by Gasteiger charge is 2.39. The molecule has 7 heteroatoms. The lowest BCUT2D eigenvalue weighted by molar-refractivity contribution is -0.149. The van der Waals surface area contributed by atoms with E-state index < -0.39 is 30.3 Å². The summed E-state index contributed by atoms with van der Waals surface area (Å²) in [6.45, 7) is -0.228.